The first-order chi connectivity index (χ1) is 12.6. The smallest absolute Gasteiger partial charge is 0.410 e. The van der Waals surface area contributed by atoms with Gasteiger partial charge in [-0.25, -0.2) is 9.59 Å². The van der Waals surface area contributed by atoms with Crippen molar-refractivity contribution in [1.29, 1.82) is 0 Å². The monoisotopic (exact) mass is 374 g/mol. The number of nitrogens with zero attached hydrogens (tertiary/aromatic N) is 2. The summed E-state index contributed by atoms with van der Waals surface area (Å²) < 4.78 is 10.2. The van der Waals surface area contributed by atoms with Crippen molar-refractivity contribution in [3.05, 3.63) is 34.4 Å². The van der Waals surface area contributed by atoms with Gasteiger partial charge in [0, 0.05) is 37.7 Å². The van der Waals surface area contributed by atoms with Gasteiger partial charge in [0.15, 0.2) is 0 Å². The summed E-state index contributed by atoms with van der Waals surface area (Å²) in [6.45, 7) is 9.55. The Bertz CT molecular complexity index is 790. The van der Waals surface area contributed by atoms with E-state index in [2.05, 4.69) is 0 Å². The lowest BCUT2D eigenvalue weighted by molar-refractivity contribution is -0.00541. The maximum Gasteiger partial charge on any atom is 0.410 e. The number of benzene rings is 1. The molecule has 1 fully saturated rings. The van der Waals surface area contributed by atoms with Gasteiger partial charge in [-0.1, -0.05) is 0 Å². The van der Waals surface area contributed by atoms with Crippen LogP contribution in [0.1, 0.15) is 52.6 Å². The number of hydrogen-bond donors (Lipinski definition) is 0. The highest BCUT2D eigenvalue weighted by Gasteiger charge is 2.37. The van der Waals surface area contributed by atoms with Crippen molar-refractivity contribution >= 4 is 18.0 Å². The average molecular weight is 374 g/mol. The van der Waals surface area contributed by atoms with Crippen LogP contribution in [0, 0.1) is 12.8 Å². The zero-order valence-electron chi connectivity index (χ0n) is 16.5. The molecule has 2 aliphatic heterocycles. The topological polar surface area (TPSA) is 76.2 Å². The highest BCUT2D eigenvalue weighted by Crippen LogP contribution is 2.29. The Morgan fingerprint density at radius 3 is 2.48 bits per heavy atom. The number of aryl methyl sites for hydroxylation is 1. The second-order valence-electron chi connectivity index (χ2n) is 8.25. The Balaban J connectivity index is 1.60. The lowest BCUT2D eigenvalue weighted by atomic mass is 10.0. The molecule has 7 nitrogen and oxygen atoms in total. The van der Waals surface area contributed by atoms with Gasteiger partial charge in [0.25, 0.3) is 5.91 Å². The molecule has 0 N–H and O–H groups in total. The quantitative estimate of drug-likeness (QED) is 0.760. The summed E-state index contributed by atoms with van der Waals surface area (Å²) in [5, 5.41) is 0. The Hall–Kier alpha value is -2.57. The van der Waals surface area contributed by atoms with E-state index in [0.717, 1.165) is 11.1 Å². The molecule has 2 heterocycles. The van der Waals surface area contributed by atoms with Crippen LogP contribution in [0.3, 0.4) is 0 Å². The minimum absolute atomic E-state index is 0.0276. The number of carbonyl (C=O) groups excluding carboxylic acids is 3. The highest BCUT2D eigenvalue weighted by atomic mass is 16.6. The van der Waals surface area contributed by atoms with Crippen molar-refractivity contribution in [2.45, 2.75) is 39.8 Å². The largest absolute Gasteiger partial charge is 0.465 e. The van der Waals surface area contributed by atoms with Gasteiger partial charge in [-0.3, -0.25) is 4.79 Å². The molecule has 2 amide bonds. The minimum Gasteiger partial charge on any atom is -0.465 e. The van der Waals surface area contributed by atoms with Gasteiger partial charge in [0.05, 0.1) is 12.7 Å². The summed E-state index contributed by atoms with van der Waals surface area (Å²) in [7, 11) is 1.35. The molecule has 7 heteroatoms. The van der Waals surface area contributed by atoms with E-state index in [4.69, 9.17) is 9.47 Å². The van der Waals surface area contributed by atoms with E-state index in [-0.39, 0.29) is 17.9 Å². The summed E-state index contributed by atoms with van der Waals surface area (Å²) in [5.74, 6) is -0.189. The van der Waals surface area contributed by atoms with E-state index >= 15 is 0 Å². The normalized spacial score (nSPS) is 16.9. The molecule has 0 saturated carbocycles. The number of fused-ring (bicyclic) bond motifs is 1. The van der Waals surface area contributed by atoms with Crippen molar-refractivity contribution in [3.63, 3.8) is 0 Å². The van der Waals surface area contributed by atoms with Crippen LogP contribution < -0.4 is 0 Å². The summed E-state index contributed by atoms with van der Waals surface area (Å²) in [5.41, 5.74) is 2.20. The maximum atomic E-state index is 12.7. The van der Waals surface area contributed by atoms with Gasteiger partial charge in [0.1, 0.15) is 5.60 Å². The van der Waals surface area contributed by atoms with Crippen LogP contribution in [0.5, 0.6) is 0 Å². The molecule has 3 rings (SSSR count). The number of likely N-dealkylation sites (tertiary alicyclic amines) is 1. The summed E-state index contributed by atoms with van der Waals surface area (Å²) >= 11 is 0. The number of carbonyl (C=O) groups is 3. The lowest BCUT2D eigenvalue weighted by Crippen LogP contribution is -2.54. The number of rotatable bonds is 3. The third-order valence-electron chi connectivity index (χ3n) is 4.82. The number of hydrogen-bond acceptors (Lipinski definition) is 5. The van der Waals surface area contributed by atoms with Gasteiger partial charge in [-0.15, -0.1) is 0 Å². The molecule has 0 bridgehead atoms. The SMILES string of the molecule is COC(=O)c1cc2c(cc1C)C(=O)N(CC1CN(C(=O)OC(C)(C)C)C1)C2. The molecular weight excluding hydrogens is 348 g/mol. The van der Waals surface area contributed by atoms with Crippen molar-refractivity contribution in [2.75, 3.05) is 26.7 Å². The van der Waals surface area contributed by atoms with Crippen LogP contribution in [0.25, 0.3) is 0 Å². The number of amides is 2. The van der Waals surface area contributed by atoms with Crippen molar-refractivity contribution in [2.24, 2.45) is 5.92 Å². The van der Waals surface area contributed by atoms with Crippen LogP contribution in [0.2, 0.25) is 0 Å². The first-order valence-corrected chi connectivity index (χ1v) is 9.08. The zero-order chi connectivity index (χ0) is 19.9. The van der Waals surface area contributed by atoms with Crippen LogP contribution in [0.15, 0.2) is 12.1 Å². The number of esters is 1. The molecular formula is C20H26N2O5. The molecule has 146 valence electrons. The molecule has 0 aliphatic carbocycles. The summed E-state index contributed by atoms with van der Waals surface area (Å²) in [4.78, 5) is 40.0. The van der Waals surface area contributed by atoms with E-state index in [1.165, 1.54) is 7.11 Å². The van der Waals surface area contributed by atoms with Crippen molar-refractivity contribution < 1.29 is 23.9 Å². The minimum atomic E-state index is -0.510. The molecule has 27 heavy (non-hydrogen) atoms. The molecule has 1 aromatic carbocycles. The van der Waals surface area contributed by atoms with Gasteiger partial charge < -0.3 is 19.3 Å². The Kier molecular flexibility index (Phi) is 4.88. The fraction of sp³-hybridized carbons (Fsp3) is 0.550. The standard InChI is InChI=1S/C20H26N2O5/c1-12-6-16-14(7-15(12)18(24)26-5)11-21(17(16)23)8-13-9-22(10-13)19(25)27-20(2,3)4/h6-7,13H,8-11H2,1-5H3. The van der Waals surface area contributed by atoms with Gasteiger partial charge in [-0.2, -0.15) is 0 Å². The summed E-state index contributed by atoms with van der Waals surface area (Å²) in [6.07, 6.45) is -0.312. The van der Waals surface area contributed by atoms with Crippen LogP contribution in [-0.2, 0) is 16.0 Å². The predicted octanol–water partition coefficient (Wildman–Crippen LogP) is 2.60. The van der Waals surface area contributed by atoms with E-state index in [9.17, 15) is 14.4 Å². The maximum absolute atomic E-state index is 12.7. The third-order valence-corrected chi connectivity index (χ3v) is 4.82. The van der Waals surface area contributed by atoms with Gasteiger partial charge in [0.2, 0.25) is 0 Å². The first kappa shape index (κ1) is 19.2. The van der Waals surface area contributed by atoms with Crippen LogP contribution in [0.4, 0.5) is 4.79 Å². The molecule has 2 aliphatic rings. The number of methoxy groups -OCH3 is 1. The Morgan fingerprint density at radius 1 is 1.22 bits per heavy atom. The fourth-order valence-corrected chi connectivity index (χ4v) is 3.48. The molecule has 0 radical (unpaired) electrons. The van der Waals surface area contributed by atoms with E-state index in [1.807, 2.05) is 20.8 Å². The van der Waals surface area contributed by atoms with Gasteiger partial charge in [-0.05, 0) is 51.0 Å². The molecule has 1 aromatic rings. The van der Waals surface area contributed by atoms with Crippen LogP contribution in [-0.4, -0.2) is 60.1 Å². The van der Waals surface area contributed by atoms with E-state index < -0.39 is 11.6 Å². The highest BCUT2D eigenvalue weighted by molar-refractivity contribution is 6.01. The molecule has 0 atom stereocenters. The predicted molar refractivity (Wildman–Crippen MR) is 98.6 cm³/mol. The fourth-order valence-electron chi connectivity index (χ4n) is 3.48. The van der Waals surface area contributed by atoms with Crippen LogP contribution >= 0.6 is 0 Å². The lowest BCUT2D eigenvalue weighted by Gasteiger charge is -2.41. The molecule has 0 unspecified atom stereocenters. The Morgan fingerprint density at radius 2 is 1.89 bits per heavy atom. The first-order valence-electron chi connectivity index (χ1n) is 9.08. The number of ether oxygens (including phenoxy) is 2. The third kappa shape index (κ3) is 3.91. The van der Waals surface area contributed by atoms with E-state index in [1.54, 1.807) is 28.9 Å². The van der Waals surface area contributed by atoms with E-state index in [0.29, 0.717) is 37.3 Å². The zero-order valence-corrected chi connectivity index (χ0v) is 16.5. The van der Waals surface area contributed by atoms with Crippen molar-refractivity contribution in [3.8, 4) is 0 Å². The van der Waals surface area contributed by atoms with Gasteiger partial charge >= 0.3 is 12.1 Å². The molecule has 0 aromatic heterocycles. The molecule has 1 saturated heterocycles. The van der Waals surface area contributed by atoms with Crippen molar-refractivity contribution in [1.82, 2.24) is 9.80 Å². The average Bonchev–Trinajstić information content (AvgIpc) is 2.83. The Labute approximate surface area is 159 Å². The molecule has 0 spiro atoms. The second kappa shape index (κ2) is 6.87. The second-order valence-corrected chi connectivity index (χ2v) is 8.25. The summed E-state index contributed by atoms with van der Waals surface area (Å²) in [6, 6.07) is 3.51.